The number of nitrogens with zero attached hydrogens (tertiary/aromatic N) is 3. The summed E-state index contributed by atoms with van der Waals surface area (Å²) in [5.41, 5.74) is 0.903. The van der Waals surface area contributed by atoms with Gasteiger partial charge >= 0.3 is 0 Å². The molecule has 0 unspecified atom stereocenters. The lowest BCUT2D eigenvalue weighted by Gasteiger charge is -1.90. The molecule has 0 fully saturated rings. The lowest BCUT2D eigenvalue weighted by molar-refractivity contribution is 1.09. The Balaban J connectivity index is 2.36. The minimum atomic E-state index is 0.650. The Morgan fingerprint density at radius 3 is 3.00 bits per heavy atom. The number of hydrogen-bond acceptors (Lipinski definition) is 4. The first-order chi connectivity index (χ1) is 6.40. The molecule has 13 heavy (non-hydrogen) atoms. The maximum Gasteiger partial charge on any atom is 0.218 e. The van der Waals surface area contributed by atoms with Gasteiger partial charge in [0.15, 0.2) is 5.82 Å². The Bertz CT molecular complexity index is 380. The maximum atomic E-state index is 4.18. The summed E-state index contributed by atoms with van der Waals surface area (Å²) in [5, 5.41) is 9.64. The zero-order chi connectivity index (χ0) is 9.10. The van der Waals surface area contributed by atoms with E-state index in [1.54, 1.807) is 19.4 Å². The molecule has 0 saturated heterocycles. The fraction of sp³-hybridized carbons (Fsp3) is 0.125. The third-order valence-corrected chi connectivity index (χ3v) is 1.64. The Morgan fingerprint density at radius 2 is 2.38 bits per heavy atom. The zero-order valence-electron chi connectivity index (χ0n) is 7.15. The molecule has 0 bridgehead atoms. The van der Waals surface area contributed by atoms with Crippen molar-refractivity contribution < 1.29 is 0 Å². The SMILES string of the molecule is CNc1nc(-c2cccnc2)n[nH]1. The van der Waals surface area contributed by atoms with Gasteiger partial charge in [-0.15, -0.1) is 0 Å². The van der Waals surface area contributed by atoms with E-state index in [0.29, 0.717) is 11.8 Å². The first-order valence-corrected chi connectivity index (χ1v) is 3.90. The monoisotopic (exact) mass is 175 g/mol. The quantitative estimate of drug-likeness (QED) is 0.711. The number of anilines is 1. The molecule has 0 spiro atoms. The molecular formula is C8H9N5. The van der Waals surface area contributed by atoms with Gasteiger partial charge in [-0.2, -0.15) is 10.1 Å². The Hall–Kier alpha value is -1.91. The second kappa shape index (κ2) is 3.22. The second-order valence-electron chi connectivity index (χ2n) is 2.50. The molecule has 0 aliphatic rings. The van der Waals surface area contributed by atoms with Crippen LogP contribution in [0.5, 0.6) is 0 Å². The molecule has 2 heterocycles. The summed E-state index contributed by atoms with van der Waals surface area (Å²) in [4.78, 5) is 8.16. The van der Waals surface area contributed by atoms with E-state index in [0.717, 1.165) is 5.56 Å². The molecule has 0 atom stereocenters. The zero-order valence-corrected chi connectivity index (χ0v) is 7.15. The number of aromatic amines is 1. The van der Waals surface area contributed by atoms with Crippen LogP contribution in [0, 0.1) is 0 Å². The van der Waals surface area contributed by atoms with E-state index in [1.165, 1.54) is 0 Å². The van der Waals surface area contributed by atoms with E-state index >= 15 is 0 Å². The van der Waals surface area contributed by atoms with Crippen molar-refractivity contribution >= 4 is 5.95 Å². The number of aromatic nitrogens is 4. The van der Waals surface area contributed by atoms with Crippen LogP contribution in [0.2, 0.25) is 0 Å². The van der Waals surface area contributed by atoms with Gasteiger partial charge in [-0.05, 0) is 12.1 Å². The van der Waals surface area contributed by atoms with Crippen LogP contribution in [0.15, 0.2) is 24.5 Å². The van der Waals surface area contributed by atoms with Gasteiger partial charge in [-0.25, -0.2) is 5.10 Å². The van der Waals surface area contributed by atoms with Crippen LogP contribution in [-0.2, 0) is 0 Å². The number of H-pyrrole nitrogens is 1. The lowest BCUT2D eigenvalue weighted by atomic mass is 10.3. The predicted octanol–water partition coefficient (Wildman–Crippen LogP) is 0.908. The number of nitrogens with one attached hydrogen (secondary N) is 2. The highest BCUT2D eigenvalue weighted by Gasteiger charge is 2.03. The number of rotatable bonds is 2. The third-order valence-electron chi connectivity index (χ3n) is 1.64. The molecule has 66 valence electrons. The lowest BCUT2D eigenvalue weighted by Crippen LogP contribution is -1.89. The van der Waals surface area contributed by atoms with Gasteiger partial charge in [-0.3, -0.25) is 4.98 Å². The van der Waals surface area contributed by atoms with Crippen molar-refractivity contribution in [3.8, 4) is 11.4 Å². The smallest absolute Gasteiger partial charge is 0.218 e. The van der Waals surface area contributed by atoms with E-state index in [-0.39, 0.29) is 0 Å². The molecule has 0 saturated carbocycles. The van der Waals surface area contributed by atoms with E-state index in [9.17, 15) is 0 Å². The van der Waals surface area contributed by atoms with Crippen LogP contribution in [0.25, 0.3) is 11.4 Å². The fourth-order valence-corrected chi connectivity index (χ4v) is 0.998. The first kappa shape index (κ1) is 7.72. The van der Waals surface area contributed by atoms with Gasteiger partial charge in [0.05, 0.1) is 0 Å². The fourth-order valence-electron chi connectivity index (χ4n) is 0.998. The summed E-state index contributed by atoms with van der Waals surface area (Å²) in [7, 11) is 1.79. The molecule has 0 aromatic carbocycles. The normalized spacial score (nSPS) is 9.92. The predicted molar refractivity (Wildman–Crippen MR) is 49.2 cm³/mol. The van der Waals surface area contributed by atoms with Crippen LogP contribution >= 0.6 is 0 Å². The van der Waals surface area contributed by atoms with Gasteiger partial charge in [0.25, 0.3) is 0 Å². The van der Waals surface area contributed by atoms with Crippen molar-refractivity contribution in [2.24, 2.45) is 0 Å². The van der Waals surface area contributed by atoms with E-state index < -0.39 is 0 Å². The maximum absolute atomic E-state index is 4.18. The van der Waals surface area contributed by atoms with Crippen molar-refractivity contribution in [1.29, 1.82) is 0 Å². The Labute approximate surface area is 75.2 Å². The standard InChI is InChI=1S/C8H9N5/c1-9-8-11-7(12-13-8)6-3-2-4-10-5-6/h2-5H,1H3,(H2,9,11,12,13). The van der Waals surface area contributed by atoms with Gasteiger partial charge in [-0.1, -0.05) is 0 Å². The van der Waals surface area contributed by atoms with Gasteiger partial charge in [0, 0.05) is 25.0 Å². The summed E-state index contributed by atoms with van der Waals surface area (Å²) in [6.45, 7) is 0. The molecule has 5 nitrogen and oxygen atoms in total. The van der Waals surface area contributed by atoms with Crippen LogP contribution < -0.4 is 5.32 Å². The minimum Gasteiger partial charge on any atom is -0.358 e. The highest BCUT2D eigenvalue weighted by molar-refractivity contribution is 5.54. The molecule has 2 aromatic heterocycles. The highest BCUT2D eigenvalue weighted by Crippen LogP contribution is 2.12. The summed E-state index contributed by atoms with van der Waals surface area (Å²) < 4.78 is 0. The second-order valence-corrected chi connectivity index (χ2v) is 2.50. The molecule has 2 aromatic rings. The molecule has 0 aliphatic carbocycles. The molecule has 0 aliphatic heterocycles. The summed E-state index contributed by atoms with van der Waals surface area (Å²) >= 11 is 0. The number of pyridine rings is 1. The van der Waals surface area contributed by atoms with Crippen molar-refractivity contribution in [2.45, 2.75) is 0 Å². The Morgan fingerprint density at radius 1 is 1.46 bits per heavy atom. The minimum absolute atomic E-state index is 0.650. The van der Waals surface area contributed by atoms with Crippen LogP contribution in [0.4, 0.5) is 5.95 Å². The topological polar surface area (TPSA) is 66.5 Å². The molecule has 2 rings (SSSR count). The van der Waals surface area contributed by atoms with Crippen LogP contribution in [0.3, 0.4) is 0 Å². The van der Waals surface area contributed by atoms with Crippen molar-refractivity contribution in [1.82, 2.24) is 20.2 Å². The van der Waals surface area contributed by atoms with Gasteiger partial charge in [0.2, 0.25) is 5.95 Å². The van der Waals surface area contributed by atoms with Crippen molar-refractivity contribution in [2.75, 3.05) is 12.4 Å². The average molecular weight is 175 g/mol. The number of hydrogen-bond donors (Lipinski definition) is 2. The molecule has 5 heteroatoms. The highest BCUT2D eigenvalue weighted by atomic mass is 15.3. The van der Waals surface area contributed by atoms with Crippen molar-refractivity contribution in [3.05, 3.63) is 24.5 Å². The molecule has 2 N–H and O–H groups in total. The molecule has 0 radical (unpaired) electrons. The van der Waals surface area contributed by atoms with Gasteiger partial charge in [0.1, 0.15) is 0 Å². The van der Waals surface area contributed by atoms with Crippen LogP contribution in [-0.4, -0.2) is 27.2 Å². The van der Waals surface area contributed by atoms with E-state index in [1.807, 2.05) is 12.1 Å². The van der Waals surface area contributed by atoms with E-state index in [2.05, 4.69) is 25.5 Å². The van der Waals surface area contributed by atoms with E-state index in [4.69, 9.17) is 0 Å². The summed E-state index contributed by atoms with van der Waals surface area (Å²) in [6, 6.07) is 3.76. The first-order valence-electron chi connectivity index (χ1n) is 3.90. The molecule has 0 amide bonds. The van der Waals surface area contributed by atoms with Crippen LogP contribution in [0.1, 0.15) is 0 Å². The largest absolute Gasteiger partial charge is 0.358 e. The summed E-state index contributed by atoms with van der Waals surface area (Å²) in [6.07, 6.45) is 3.44. The van der Waals surface area contributed by atoms with Gasteiger partial charge < -0.3 is 5.32 Å². The summed E-state index contributed by atoms with van der Waals surface area (Å²) in [5.74, 6) is 1.30. The van der Waals surface area contributed by atoms with Crippen molar-refractivity contribution in [3.63, 3.8) is 0 Å². The Kier molecular flexibility index (Phi) is 1.91. The third kappa shape index (κ3) is 1.48. The molecular weight excluding hydrogens is 166 g/mol. The average Bonchev–Trinajstić information content (AvgIpc) is 2.67.